The van der Waals surface area contributed by atoms with E-state index in [4.69, 9.17) is 9.15 Å². The molecule has 6 nitrogen and oxygen atoms in total. The van der Waals surface area contributed by atoms with Crippen LogP contribution >= 0.6 is 0 Å². The molecule has 6 heteroatoms. The zero-order valence-corrected chi connectivity index (χ0v) is 19.3. The molecule has 1 aromatic heterocycles. The van der Waals surface area contributed by atoms with Gasteiger partial charge in [0.1, 0.15) is 11.5 Å². The number of carboxylic acid groups (broad SMARTS) is 1. The highest BCUT2D eigenvalue weighted by molar-refractivity contribution is 6.07. The second-order valence-electron chi connectivity index (χ2n) is 8.85. The first kappa shape index (κ1) is 22.9. The van der Waals surface area contributed by atoms with Crippen molar-refractivity contribution in [1.82, 2.24) is 4.98 Å². The number of aryl methyl sites for hydroxylation is 3. The summed E-state index contributed by atoms with van der Waals surface area (Å²) >= 11 is 0. The Hall–Kier alpha value is -3.25. The topological polar surface area (TPSA) is 89.6 Å². The molecule has 0 radical (unpaired) electrons. The van der Waals surface area contributed by atoms with E-state index in [2.05, 4.69) is 4.98 Å². The molecule has 1 saturated carbocycles. The molecule has 33 heavy (non-hydrogen) atoms. The smallest absolute Gasteiger partial charge is 0.336 e. The number of ketones is 1. The van der Waals surface area contributed by atoms with Gasteiger partial charge in [0, 0.05) is 17.0 Å². The first-order chi connectivity index (χ1) is 15.8. The van der Waals surface area contributed by atoms with Crippen molar-refractivity contribution in [2.75, 3.05) is 0 Å². The van der Waals surface area contributed by atoms with E-state index in [0.29, 0.717) is 30.0 Å². The molecule has 0 saturated heterocycles. The number of ether oxygens (including phenoxy) is 1. The number of benzene rings is 2. The lowest BCUT2D eigenvalue weighted by atomic mass is 9.81. The number of rotatable bonds is 7. The SMILES string of the molecule is Cc1ccc(-c2nc(CO[C@H]3CCC[C@@H](C(=O)c4cccc(C)c4C(=O)O)C3)c(C)o2)cc1. The summed E-state index contributed by atoms with van der Waals surface area (Å²) in [7, 11) is 0. The van der Waals surface area contributed by atoms with E-state index in [1.807, 2.05) is 38.1 Å². The minimum Gasteiger partial charge on any atom is -0.478 e. The van der Waals surface area contributed by atoms with Crippen molar-refractivity contribution in [3.63, 3.8) is 0 Å². The number of hydrogen-bond acceptors (Lipinski definition) is 5. The largest absolute Gasteiger partial charge is 0.478 e. The number of aromatic carboxylic acids is 1. The van der Waals surface area contributed by atoms with Crippen molar-refractivity contribution in [3.05, 3.63) is 76.2 Å². The van der Waals surface area contributed by atoms with Crippen LogP contribution in [0.15, 0.2) is 46.9 Å². The predicted molar refractivity (Wildman–Crippen MR) is 124 cm³/mol. The van der Waals surface area contributed by atoms with E-state index < -0.39 is 5.97 Å². The fourth-order valence-corrected chi connectivity index (χ4v) is 4.49. The number of carboxylic acids is 1. The Morgan fingerprint density at radius 1 is 1.09 bits per heavy atom. The molecular formula is C27H29NO5. The van der Waals surface area contributed by atoms with Crippen LogP contribution in [-0.4, -0.2) is 27.9 Å². The highest BCUT2D eigenvalue weighted by Gasteiger charge is 2.31. The summed E-state index contributed by atoms with van der Waals surface area (Å²) < 4.78 is 12.0. The van der Waals surface area contributed by atoms with Crippen molar-refractivity contribution >= 4 is 11.8 Å². The van der Waals surface area contributed by atoms with E-state index in [-0.39, 0.29) is 23.4 Å². The van der Waals surface area contributed by atoms with Gasteiger partial charge in [-0.1, -0.05) is 42.3 Å². The summed E-state index contributed by atoms with van der Waals surface area (Å²) in [5.41, 5.74) is 3.85. The minimum absolute atomic E-state index is 0.0790. The van der Waals surface area contributed by atoms with Gasteiger partial charge in [0.2, 0.25) is 5.89 Å². The standard InChI is InChI=1S/C27H29NO5/c1-16-10-12-19(13-11-16)26-28-23(18(3)33-26)15-32-21-8-5-7-20(14-21)25(29)22-9-4-6-17(2)24(22)27(30)31/h4,6,9-13,20-21H,5,7-8,14-15H2,1-3H3,(H,30,31)/t20-,21+/m1/s1. The molecule has 2 aromatic carbocycles. The molecule has 0 amide bonds. The Morgan fingerprint density at radius 2 is 1.85 bits per heavy atom. The van der Waals surface area contributed by atoms with Gasteiger partial charge in [-0.05, 0) is 57.7 Å². The lowest BCUT2D eigenvalue weighted by molar-refractivity contribution is 0.00216. The molecule has 1 N–H and O–H groups in total. The Balaban J connectivity index is 1.42. The third-order valence-corrected chi connectivity index (χ3v) is 6.40. The molecule has 0 unspecified atom stereocenters. The maximum Gasteiger partial charge on any atom is 0.336 e. The minimum atomic E-state index is -1.06. The van der Waals surface area contributed by atoms with Crippen molar-refractivity contribution in [2.24, 2.45) is 5.92 Å². The van der Waals surface area contributed by atoms with Crippen LogP contribution in [0, 0.1) is 26.7 Å². The predicted octanol–water partition coefficient (Wildman–Crippen LogP) is 5.92. The maximum atomic E-state index is 13.2. The molecule has 1 heterocycles. The van der Waals surface area contributed by atoms with Crippen molar-refractivity contribution in [1.29, 1.82) is 0 Å². The lowest BCUT2D eigenvalue weighted by Gasteiger charge is -2.28. The van der Waals surface area contributed by atoms with Gasteiger partial charge in [-0.25, -0.2) is 9.78 Å². The van der Waals surface area contributed by atoms with Gasteiger partial charge in [0.05, 0.1) is 18.3 Å². The van der Waals surface area contributed by atoms with Crippen LogP contribution in [0.5, 0.6) is 0 Å². The van der Waals surface area contributed by atoms with E-state index in [0.717, 1.165) is 36.3 Å². The van der Waals surface area contributed by atoms with Gasteiger partial charge in [-0.3, -0.25) is 4.79 Å². The van der Waals surface area contributed by atoms with E-state index in [1.165, 1.54) is 5.56 Å². The maximum absolute atomic E-state index is 13.2. The lowest BCUT2D eigenvalue weighted by Crippen LogP contribution is -2.29. The van der Waals surface area contributed by atoms with Crippen molar-refractivity contribution < 1.29 is 23.8 Å². The number of Topliss-reactive ketones (excluding diaryl/α,β-unsaturated/α-hetero) is 1. The van der Waals surface area contributed by atoms with Crippen LogP contribution in [0.3, 0.4) is 0 Å². The van der Waals surface area contributed by atoms with Crippen LogP contribution in [0.2, 0.25) is 0 Å². The van der Waals surface area contributed by atoms with Crippen LogP contribution in [0.1, 0.15) is 69.0 Å². The molecule has 1 fully saturated rings. The molecule has 3 aromatic rings. The molecule has 1 aliphatic rings. The summed E-state index contributed by atoms with van der Waals surface area (Å²) in [5.74, 6) is -0.122. The molecule has 0 spiro atoms. The summed E-state index contributed by atoms with van der Waals surface area (Å²) in [6.07, 6.45) is 2.97. The van der Waals surface area contributed by atoms with Gasteiger partial charge in [0.15, 0.2) is 5.78 Å². The molecule has 2 atom stereocenters. The average molecular weight is 448 g/mol. The first-order valence-corrected chi connectivity index (χ1v) is 11.4. The molecular weight excluding hydrogens is 418 g/mol. The Labute approximate surface area is 193 Å². The van der Waals surface area contributed by atoms with E-state index in [9.17, 15) is 14.7 Å². The Bertz CT molecular complexity index is 1160. The zero-order valence-electron chi connectivity index (χ0n) is 19.3. The fraction of sp³-hybridized carbons (Fsp3) is 0.370. The highest BCUT2D eigenvalue weighted by Crippen LogP contribution is 2.31. The molecule has 4 rings (SSSR count). The Kier molecular flexibility index (Phi) is 6.75. The van der Waals surface area contributed by atoms with Gasteiger partial charge in [-0.2, -0.15) is 0 Å². The number of aromatic nitrogens is 1. The van der Waals surface area contributed by atoms with Gasteiger partial charge >= 0.3 is 5.97 Å². The summed E-state index contributed by atoms with van der Waals surface area (Å²) in [4.78, 5) is 29.5. The van der Waals surface area contributed by atoms with Crippen LogP contribution in [-0.2, 0) is 11.3 Å². The van der Waals surface area contributed by atoms with E-state index >= 15 is 0 Å². The number of carbonyl (C=O) groups is 2. The second kappa shape index (κ2) is 9.71. The number of carbonyl (C=O) groups excluding carboxylic acids is 1. The molecule has 172 valence electrons. The third-order valence-electron chi connectivity index (χ3n) is 6.40. The molecule has 0 aliphatic heterocycles. The van der Waals surface area contributed by atoms with Crippen LogP contribution < -0.4 is 0 Å². The summed E-state index contributed by atoms with van der Waals surface area (Å²) in [5, 5.41) is 9.59. The highest BCUT2D eigenvalue weighted by atomic mass is 16.5. The number of nitrogens with zero attached hydrogens (tertiary/aromatic N) is 1. The average Bonchev–Trinajstić information content (AvgIpc) is 3.17. The van der Waals surface area contributed by atoms with Crippen molar-refractivity contribution in [3.8, 4) is 11.5 Å². The van der Waals surface area contributed by atoms with Crippen LogP contribution in [0.4, 0.5) is 0 Å². The normalized spacial score (nSPS) is 18.3. The fourth-order valence-electron chi connectivity index (χ4n) is 4.49. The zero-order chi connectivity index (χ0) is 23.5. The van der Waals surface area contributed by atoms with Gasteiger partial charge in [-0.15, -0.1) is 0 Å². The number of hydrogen-bond donors (Lipinski definition) is 1. The van der Waals surface area contributed by atoms with E-state index in [1.54, 1.807) is 25.1 Å². The monoisotopic (exact) mass is 447 g/mol. The third kappa shape index (κ3) is 5.06. The first-order valence-electron chi connectivity index (χ1n) is 11.4. The summed E-state index contributed by atoms with van der Waals surface area (Å²) in [6.45, 7) is 5.95. The number of oxazole rings is 1. The quantitative estimate of drug-likeness (QED) is 0.452. The molecule has 0 bridgehead atoms. The molecule has 1 aliphatic carbocycles. The van der Waals surface area contributed by atoms with Gasteiger partial charge in [0.25, 0.3) is 0 Å². The summed E-state index contributed by atoms with van der Waals surface area (Å²) in [6, 6.07) is 13.1. The Morgan fingerprint density at radius 3 is 2.58 bits per heavy atom. The van der Waals surface area contributed by atoms with Crippen molar-refractivity contribution in [2.45, 2.75) is 59.2 Å². The second-order valence-corrected chi connectivity index (χ2v) is 8.85. The van der Waals surface area contributed by atoms with Gasteiger partial charge < -0.3 is 14.3 Å². The van der Waals surface area contributed by atoms with Crippen LogP contribution in [0.25, 0.3) is 11.5 Å².